The van der Waals surface area contributed by atoms with Crippen LogP contribution in [0.1, 0.15) is 40.5 Å². The standard InChI is InChI=1S/C21H22ClN3O6/c1-12-5-7-24(8-6-12)17-4-3-13(11-18(17)25(29)30)20(26)23-16-10-14(21(27)28)9-15(22)19(16)31-2/h3-4,9-12H,5-8H2,1-2H3,(H,23,26)(H,27,28). The summed E-state index contributed by atoms with van der Waals surface area (Å²) >= 11 is 6.06. The number of ether oxygens (including phenoxy) is 1. The van der Waals surface area contributed by atoms with E-state index in [2.05, 4.69) is 12.2 Å². The third-order valence-corrected chi connectivity index (χ3v) is 5.58. The van der Waals surface area contributed by atoms with Crippen LogP contribution in [0.5, 0.6) is 5.75 Å². The predicted octanol–water partition coefficient (Wildman–Crippen LogP) is 4.44. The van der Waals surface area contributed by atoms with E-state index in [1.165, 1.54) is 31.4 Å². The second-order valence-electron chi connectivity index (χ2n) is 7.43. The minimum Gasteiger partial charge on any atom is -0.493 e. The number of hydrogen-bond acceptors (Lipinski definition) is 6. The molecule has 1 amide bonds. The summed E-state index contributed by atoms with van der Waals surface area (Å²) < 4.78 is 5.16. The Morgan fingerprint density at radius 2 is 1.90 bits per heavy atom. The van der Waals surface area contributed by atoms with E-state index >= 15 is 0 Å². The number of nitro groups is 1. The lowest BCUT2D eigenvalue weighted by atomic mass is 9.98. The average molecular weight is 448 g/mol. The number of hydrogen-bond donors (Lipinski definition) is 2. The Kier molecular flexibility index (Phi) is 6.65. The van der Waals surface area contributed by atoms with Gasteiger partial charge in [0.15, 0.2) is 5.75 Å². The molecule has 1 aliphatic heterocycles. The topological polar surface area (TPSA) is 122 Å². The Morgan fingerprint density at radius 1 is 1.23 bits per heavy atom. The fraction of sp³-hybridized carbons (Fsp3) is 0.333. The highest BCUT2D eigenvalue weighted by Crippen LogP contribution is 2.36. The molecule has 0 aromatic heterocycles. The maximum atomic E-state index is 12.8. The van der Waals surface area contributed by atoms with Crippen LogP contribution in [0.4, 0.5) is 17.1 Å². The molecule has 1 aliphatic rings. The summed E-state index contributed by atoms with van der Waals surface area (Å²) in [7, 11) is 1.33. The van der Waals surface area contributed by atoms with Crippen molar-refractivity contribution in [3.05, 3.63) is 56.6 Å². The van der Waals surface area contributed by atoms with Crippen molar-refractivity contribution in [3.63, 3.8) is 0 Å². The van der Waals surface area contributed by atoms with Crippen LogP contribution in [0.15, 0.2) is 30.3 Å². The number of aromatic carboxylic acids is 1. The lowest BCUT2D eigenvalue weighted by Crippen LogP contribution is -2.33. The van der Waals surface area contributed by atoms with Crippen molar-refractivity contribution < 1.29 is 24.4 Å². The zero-order valence-electron chi connectivity index (χ0n) is 17.1. The molecule has 31 heavy (non-hydrogen) atoms. The van der Waals surface area contributed by atoms with Crippen LogP contribution >= 0.6 is 11.6 Å². The average Bonchev–Trinajstić information content (AvgIpc) is 2.73. The quantitative estimate of drug-likeness (QED) is 0.495. The van der Waals surface area contributed by atoms with E-state index in [0.717, 1.165) is 12.8 Å². The van der Waals surface area contributed by atoms with Crippen molar-refractivity contribution in [1.29, 1.82) is 0 Å². The highest BCUT2D eigenvalue weighted by Gasteiger charge is 2.25. The van der Waals surface area contributed by atoms with E-state index in [9.17, 15) is 24.8 Å². The first-order valence-electron chi connectivity index (χ1n) is 9.66. The van der Waals surface area contributed by atoms with E-state index < -0.39 is 16.8 Å². The molecule has 1 heterocycles. The maximum Gasteiger partial charge on any atom is 0.335 e. The van der Waals surface area contributed by atoms with Crippen LogP contribution in [-0.4, -0.2) is 42.1 Å². The van der Waals surface area contributed by atoms with Crippen molar-refractivity contribution in [2.24, 2.45) is 5.92 Å². The Hall–Kier alpha value is -3.33. The number of methoxy groups -OCH3 is 1. The van der Waals surface area contributed by atoms with Gasteiger partial charge in [0.2, 0.25) is 0 Å². The first-order valence-corrected chi connectivity index (χ1v) is 10.0. The van der Waals surface area contributed by atoms with Gasteiger partial charge in [-0.2, -0.15) is 0 Å². The van der Waals surface area contributed by atoms with Gasteiger partial charge in [0.05, 0.1) is 28.3 Å². The lowest BCUT2D eigenvalue weighted by molar-refractivity contribution is -0.384. The highest BCUT2D eigenvalue weighted by atomic mass is 35.5. The summed E-state index contributed by atoms with van der Waals surface area (Å²) in [6.45, 7) is 3.58. The number of carbonyl (C=O) groups is 2. The number of piperidine rings is 1. The van der Waals surface area contributed by atoms with Crippen LogP contribution in [0.25, 0.3) is 0 Å². The first kappa shape index (κ1) is 22.4. The molecule has 164 valence electrons. The van der Waals surface area contributed by atoms with Gasteiger partial charge in [-0.05, 0) is 43.0 Å². The first-order chi connectivity index (χ1) is 14.7. The number of amides is 1. The fourth-order valence-electron chi connectivity index (χ4n) is 3.54. The number of halogens is 1. The van der Waals surface area contributed by atoms with Gasteiger partial charge in [0, 0.05) is 24.7 Å². The van der Waals surface area contributed by atoms with Crippen LogP contribution < -0.4 is 15.0 Å². The number of carboxylic acid groups (broad SMARTS) is 1. The molecule has 0 unspecified atom stereocenters. The number of carbonyl (C=O) groups excluding carboxylic acids is 1. The highest BCUT2D eigenvalue weighted by molar-refractivity contribution is 6.33. The summed E-state index contributed by atoms with van der Waals surface area (Å²) in [5.41, 5.74) is 0.282. The van der Waals surface area contributed by atoms with Crippen LogP contribution in [0, 0.1) is 16.0 Å². The molecule has 3 rings (SSSR count). The number of benzene rings is 2. The maximum absolute atomic E-state index is 12.8. The lowest BCUT2D eigenvalue weighted by Gasteiger charge is -2.31. The fourth-order valence-corrected chi connectivity index (χ4v) is 3.84. The normalized spacial score (nSPS) is 14.2. The molecule has 2 N–H and O–H groups in total. The van der Waals surface area contributed by atoms with Crippen molar-refractivity contribution in [3.8, 4) is 5.75 Å². The molecule has 0 radical (unpaired) electrons. The summed E-state index contributed by atoms with van der Waals surface area (Å²) in [6.07, 6.45) is 1.89. The second-order valence-corrected chi connectivity index (χ2v) is 7.84. The van der Waals surface area contributed by atoms with Gasteiger partial charge in [-0.25, -0.2) is 4.79 Å². The number of nitrogens with zero attached hydrogens (tertiary/aromatic N) is 2. The van der Waals surface area contributed by atoms with Crippen molar-refractivity contribution >= 4 is 40.5 Å². The molecule has 0 atom stereocenters. The Morgan fingerprint density at radius 3 is 2.48 bits per heavy atom. The van der Waals surface area contributed by atoms with E-state index in [1.54, 1.807) is 6.07 Å². The third kappa shape index (κ3) is 4.88. The summed E-state index contributed by atoms with van der Waals surface area (Å²) in [4.78, 5) is 37.2. The van der Waals surface area contributed by atoms with Crippen molar-refractivity contribution in [2.75, 3.05) is 30.4 Å². The van der Waals surface area contributed by atoms with Crippen LogP contribution in [-0.2, 0) is 0 Å². The molecule has 1 fully saturated rings. The van der Waals surface area contributed by atoms with E-state index in [4.69, 9.17) is 16.3 Å². The van der Waals surface area contributed by atoms with Gasteiger partial charge in [-0.1, -0.05) is 18.5 Å². The van der Waals surface area contributed by atoms with E-state index in [0.29, 0.717) is 24.7 Å². The molecular formula is C21H22ClN3O6. The molecule has 0 saturated carbocycles. The zero-order valence-corrected chi connectivity index (χ0v) is 17.8. The minimum absolute atomic E-state index is 0.0124. The molecule has 1 saturated heterocycles. The van der Waals surface area contributed by atoms with Gasteiger partial charge in [-0.15, -0.1) is 0 Å². The molecule has 10 heteroatoms. The van der Waals surface area contributed by atoms with Crippen LogP contribution in [0.2, 0.25) is 5.02 Å². The molecule has 9 nitrogen and oxygen atoms in total. The minimum atomic E-state index is -1.23. The number of anilines is 2. The third-order valence-electron chi connectivity index (χ3n) is 5.30. The van der Waals surface area contributed by atoms with E-state index in [-0.39, 0.29) is 33.3 Å². The van der Waals surface area contributed by atoms with Gasteiger partial charge in [0.1, 0.15) is 5.69 Å². The smallest absolute Gasteiger partial charge is 0.335 e. The molecule has 2 aromatic rings. The monoisotopic (exact) mass is 447 g/mol. The Labute approximate surface area is 183 Å². The van der Waals surface area contributed by atoms with Gasteiger partial charge in [0.25, 0.3) is 11.6 Å². The number of carboxylic acids is 1. The number of rotatable bonds is 6. The second kappa shape index (κ2) is 9.22. The zero-order chi connectivity index (χ0) is 22.7. The largest absolute Gasteiger partial charge is 0.493 e. The SMILES string of the molecule is COc1c(Cl)cc(C(=O)O)cc1NC(=O)c1ccc(N2CCC(C)CC2)c([N+](=O)[O-])c1. The van der Waals surface area contributed by atoms with Gasteiger partial charge >= 0.3 is 5.97 Å². The molecule has 0 aliphatic carbocycles. The van der Waals surface area contributed by atoms with Gasteiger partial charge < -0.3 is 20.1 Å². The predicted molar refractivity (Wildman–Crippen MR) is 117 cm³/mol. The summed E-state index contributed by atoms with van der Waals surface area (Å²) in [6, 6.07) is 6.71. The van der Waals surface area contributed by atoms with E-state index in [1.807, 2.05) is 4.90 Å². The molecular weight excluding hydrogens is 426 g/mol. The molecule has 2 aromatic carbocycles. The number of nitro benzene ring substituents is 1. The van der Waals surface area contributed by atoms with Crippen LogP contribution in [0.3, 0.4) is 0 Å². The Bertz CT molecular complexity index is 1030. The Balaban J connectivity index is 1.91. The summed E-state index contributed by atoms with van der Waals surface area (Å²) in [5, 5.41) is 23.4. The summed E-state index contributed by atoms with van der Waals surface area (Å²) in [5.74, 6) is -1.22. The molecule has 0 bridgehead atoms. The molecule has 0 spiro atoms. The van der Waals surface area contributed by atoms with Gasteiger partial charge in [-0.3, -0.25) is 14.9 Å². The number of nitrogens with one attached hydrogen (secondary N) is 1. The van der Waals surface area contributed by atoms with Crippen molar-refractivity contribution in [2.45, 2.75) is 19.8 Å². The van der Waals surface area contributed by atoms with Crippen molar-refractivity contribution in [1.82, 2.24) is 0 Å².